The second kappa shape index (κ2) is 7.22. The Hall–Kier alpha value is -1.88. The quantitative estimate of drug-likeness (QED) is 0.774. The summed E-state index contributed by atoms with van der Waals surface area (Å²) in [4.78, 5) is 23.0. The fourth-order valence-corrected chi connectivity index (χ4v) is 2.72. The average Bonchev–Trinajstić information content (AvgIpc) is 2.47. The Labute approximate surface area is 124 Å². The lowest BCUT2D eigenvalue weighted by molar-refractivity contribution is -0.137. The zero-order valence-corrected chi connectivity index (χ0v) is 12.0. The van der Waals surface area contributed by atoms with Gasteiger partial charge in [0, 0.05) is 24.1 Å². The van der Waals surface area contributed by atoms with Gasteiger partial charge < -0.3 is 16.2 Å². The van der Waals surface area contributed by atoms with Crippen molar-refractivity contribution < 1.29 is 14.7 Å². The van der Waals surface area contributed by atoms with Crippen LogP contribution in [0.25, 0.3) is 0 Å². The number of anilines is 1. The highest BCUT2D eigenvalue weighted by Gasteiger charge is 2.24. The van der Waals surface area contributed by atoms with Gasteiger partial charge in [-0.25, -0.2) is 0 Å². The number of hydrogen-bond donors (Lipinski definition) is 3. The Morgan fingerprint density at radius 3 is 2.52 bits per heavy atom. The topological polar surface area (TPSA) is 92.4 Å². The molecule has 0 saturated heterocycles. The number of carbonyl (C=O) groups is 2. The molecule has 1 fully saturated rings. The van der Waals surface area contributed by atoms with Crippen molar-refractivity contribution in [1.29, 1.82) is 0 Å². The number of nitrogens with two attached hydrogens (primary N) is 1. The van der Waals surface area contributed by atoms with Crippen LogP contribution in [0.3, 0.4) is 0 Å². The maximum absolute atomic E-state index is 12.3. The second-order valence-electron chi connectivity index (χ2n) is 5.65. The Kier molecular flexibility index (Phi) is 5.33. The van der Waals surface area contributed by atoms with E-state index in [-0.39, 0.29) is 24.3 Å². The fourth-order valence-electron chi connectivity index (χ4n) is 2.72. The molecule has 1 aliphatic rings. The van der Waals surface area contributed by atoms with Gasteiger partial charge in [0.05, 0.1) is 0 Å². The molecule has 0 spiro atoms. The van der Waals surface area contributed by atoms with Crippen molar-refractivity contribution in [2.45, 2.75) is 44.6 Å². The highest BCUT2D eigenvalue weighted by atomic mass is 16.4. The zero-order chi connectivity index (χ0) is 15.2. The Bertz CT molecular complexity index is 508. The first-order valence-electron chi connectivity index (χ1n) is 7.42. The minimum absolute atomic E-state index is 0.0114. The predicted molar refractivity (Wildman–Crippen MR) is 81.0 cm³/mol. The average molecular weight is 290 g/mol. The SMILES string of the molecule is NC1CCC(C(=O)Nc2ccccc2CCC(=O)O)CC1. The van der Waals surface area contributed by atoms with Crippen LogP contribution >= 0.6 is 0 Å². The molecule has 1 aliphatic carbocycles. The van der Waals surface area contributed by atoms with Crippen molar-refractivity contribution in [2.75, 3.05) is 5.32 Å². The van der Waals surface area contributed by atoms with Gasteiger partial charge >= 0.3 is 5.97 Å². The van der Waals surface area contributed by atoms with Gasteiger partial charge in [0.2, 0.25) is 5.91 Å². The first-order valence-corrected chi connectivity index (χ1v) is 7.42. The minimum Gasteiger partial charge on any atom is -0.481 e. The summed E-state index contributed by atoms with van der Waals surface area (Å²) < 4.78 is 0. The third-order valence-corrected chi connectivity index (χ3v) is 4.03. The predicted octanol–water partition coefficient (Wildman–Crippen LogP) is 2.16. The molecule has 0 bridgehead atoms. The van der Waals surface area contributed by atoms with Crippen LogP contribution in [0.1, 0.15) is 37.7 Å². The smallest absolute Gasteiger partial charge is 0.303 e. The molecule has 0 aliphatic heterocycles. The second-order valence-corrected chi connectivity index (χ2v) is 5.65. The van der Waals surface area contributed by atoms with E-state index < -0.39 is 5.97 Å². The lowest BCUT2D eigenvalue weighted by Gasteiger charge is -2.25. The monoisotopic (exact) mass is 290 g/mol. The van der Waals surface area contributed by atoms with E-state index in [1.54, 1.807) is 0 Å². The standard InChI is InChI=1S/C16H22N2O3/c17-13-8-5-12(6-9-13)16(21)18-14-4-2-1-3-11(14)7-10-15(19)20/h1-4,12-13H,5-10,17H2,(H,18,21)(H,19,20). The van der Waals surface area contributed by atoms with Crippen LogP contribution < -0.4 is 11.1 Å². The lowest BCUT2D eigenvalue weighted by Crippen LogP contribution is -2.32. The summed E-state index contributed by atoms with van der Waals surface area (Å²) in [7, 11) is 0. The summed E-state index contributed by atoms with van der Waals surface area (Å²) in [6.45, 7) is 0. The molecule has 1 saturated carbocycles. The van der Waals surface area contributed by atoms with E-state index >= 15 is 0 Å². The van der Waals surface area contributed by atoms with Crippen molar-refractivity contribution in [3.8, 4) is 0 Å². The van der Waals surface area contributed by atoms with Gasteiger partial charge in [-0.05, 0) is 43.7 Å². The molecule has 0 unspecified atom stereocenters. The Morgan fingerprint density at radius 1 is 1.19 bits per heavy atom. The van der Waals surface area contributed by atoms with E-state index in [2.05, 4.69) is 5.32 Å². The normalized spacial score (nSPS) is 21.8. The summed E-state index contributed by atoms with van der Waals surface area (Å²) in [5, 5.41) is 11.7. The van der Waals surface area contributed by atoms with Gasteiger partial charge in [-0.15, -0.1) is 0 Å². The zero-order valence-electron chi connectivity index (χ0n) is 12.0. The van der Waals surface area contributed by atoms with Gasteiger partial charge in [-0.2, -0.15) is 0 Å². The van der Waals surface area contributed by atoms with Crippen LogP contribution in [-0.4, -0.2) is 23.0 Å². The van der Waals surface area contributed by atoms with Gasteiger partial charge in [-0.1, -0.05) is 18.2 Å². The van der Waals surface area contributed by atoms with E-state index in [0.717, 1.165) is 36.9 Å². The van der Waals surface area contributed by atoms with Gasteiger partial charge in [0.15, 0.2) is 0 Å². The first-order chi connectivity index (χ1) is 10.1. The van der Waals surface area contributed by atoms with E-state index in [0.29, 0.717) is 6.42 Å². The molecule has 2 rings (SSSR count). The fraction of sp³-hybridized carbons (Fsp3) is 0.500. The number of aliphatic carboxylic acids is 1. The summed E-state index contributed by atoms with van der Waals surface area (Å²) in [6, 6.07) is 7.60. The summed E-state index contributed by atoms with van der Waals surface area (Å²) in [6.07, 6.45) is 3.90. The largest absolute Gasteiger partial charge is 0.481 e. The van der Waals surface area contributed by atoms with Gasteiger partial charge in [0.1, 0.15) is 0 Å². The van der Waals surface area contributed by atoms with E-state index in [1.807, 2.05) is 24.3 Å². The highest BCUT2D eigenvalue weighted by molar-refractivity contribution is 5.93. The number of carboxylic acids is 1. The Balaban J connectivity index is 1.98. The number of rotatable bonds is 5. The summed E-state index contributed by atoms with van der Waals surface area (Å²) >= 11 is 0. The van der Waals surface area contributed by atoms with Crippen LogP contribution in [0.2, 0.25) is 0 Å². The minimum atomic E-state index is -0.836. The highest BCUT2D eigenvalue weighted by Crippen LogP contribution is 2.25. The number of carbonyl (C=O) groups excluding carboxylic acids is 1. The number of amides is 1. The number of nitrogens with one attached hydrogen (secondary N) is 1. The number of para-hydroxylation sites is 1. The molecule has 21 heavy (non-hydrogen) atoms. The third-order valence-electron chi connectivity index (χ3n) is 4.03. The van der Waals surface area contributed by atoms with Crippen LogP contribution in [-0.2, 0) is 16.0 Å². The molecule has 1 aromatic rings. The summed E-state index contributed by atoms with van der Waals surface area (Å²) in [5.74, 6) is -0.806. The Morgan fingerprint density at radius 2 is 1.86 bits per heavy atom. The van der Waals surface area contributed by atoms with Crippen LogP contribution in [0.15, 0.2) is 24.3 Å². The maximum Gasteiger partial charge on any atom is 0.303 e. The van der Waals surface area contributed by atoms with Crippen LogP contribution in [0.4, 0.5) is 5.69 Å². The van der Waals surface area contributed by atoms with Crippen molar-refractivity contribution in [2.24, 2.45) is 11.7 Å². The molecule has 114 valence electrons. The molecule has 0 atom stereocenters. The molecule has 0 aromatic heterocycles. The van der Waals surface area contributed by atoms with Crippen molar-refractivity contribution >= 4 is 17.6 Å². The maximum atomic E-state index is 12.3. The molecule has 5 nitrogen and oxygen atoms in total. The molecule has 1 amide bonds. The van der Waals surface area contributed by atoms with Crippen LogP contribution in [0, 0.1) is 5.92 Å². The molecular formula is C16H22N2O3. The van der Waals surface area contributed by atoms with Crippen molar-refractivity contribution in [1.82, 2.24) is 0 Å². The van der Waals surface area contributed by atoms with E-state index in [4.69, 9.17) is 10.8 Å². The molecular weight excluding hydrogens is 268 g/mol. The first kappa shape index (κ1) is 15.5. The number of hydrogen-bond acceptors (Lipinski definition) is 3. The number of benzene rings is 1. The van der Waals surface area contributed by atoms with E-state index in [9.17, 15) is 9.59 Å². The lowest BCUT2D eigenvalue weighted by atomic mass is 9.86. The molecule has 0 heterocycles. The van der Waals surface area contributed by atoms with Gasteiger partial charge in [0.25, 0.3) is 0 Å². The van der Waals surface area contributed by atoms with E-state index in [1.165, 1.54) is 0 Å². The third kappa shape index (κ3) is 4.56. The molecule has 5 heteroatoms. The van der Waals surface area contributed by atoms with Gasteiger partial charge in [-0.3, -0.25) is 9.59 Å². The summed E-state index contributed by atoms with van der Waals surface area (Å²) in [5.41, 5.74) is 7.44. The number of carboxylic acid groups (broad SMARTS) is 1. The molecule has 0 radical (unpaired) electrons. The van der Waals surface area contributed by atoms with Crippen molar-refractivity contribution in [3.05, 3.63) is 29.8 Å². The van der Waals surface area contributed by atoms with Crippen molar-refractivity contribution in [3.63, 3.8) is 0 Å². The van der Waals surface area contributed by atoms with Crippen LogP contribution in [0.5, 0.6) is 0 Å². The number of aryl methyl sites for hydroxylation is 1. The molecule has 4 N–H and O–H groups in total. The molecule has 1 aromatic carbocycles.